The Morgan fingerprint density at radius 1 is 1.59 bits per heavy atom. The predicted molar refractivity (Wildman–Crippen MR) is 62.2 cm³/mol. The Balaban J connectivity index is 3.15. The van der Waals surface area contributed by atoms with Gasteiger partial charge in [0.2, 0.25) is 5.91 Å². The van der Waals surface area contributed by atoms with Gasteiger partial charge in [0.1, 0.15) is 6.04 Å². The number of carbonyl (C=O) groups excluding carboxylic acids is 1. The molecule has 1 aromatic heterocycles. The monoisotopic (exact) mass is 304 g/mol. The molecule has 0 aliphatic carbocycles. The third-order valence-electron chi connectivity index (χ3n) is 1.99. The van der Waals surface area contributed by atoms with Crippen LogP contribution in [0.15, 0.2) is 21.7 Å². The molecule has 17 heavy (non-hydrogen) atoms. The SMILES string of the molecule is NC(=O)C(N)Cn1cc(Br)c(=O)c([N+](=O)[O-])c1. The molecular weight excluding hydrogens is 296 g/mol. The van der Waals surface area contributed by atoms with Crippen LogP contribution in [-0.4, -0.2) is 21.4 Å². The van der Waals surface area contributed by atoms with Gasteiger partial charge in [0.25, 0.3) is 5.43 Å². The second-order valence-electron chi connectivity index (χ2n) is 3.28. The molecule has 0 radical (unpaired) electrons. The molecular formula is C8H9BrN4O4. The Bertz CT molecular complexity index is 527. The van der Waals surface area contributed by atoms with Crippen molar-refractivity contribution < 1.29 is 9.72 Å². The van der Waals surface area contributed by atoms with Crippen molar-refractivity contribution in [3.8, 4) is 0 Å². The molecule has 1 heterocycles. The molecule has 0 aliphatic heterocycles. The van der Waals surface area contributed by atoms with Crippen molar-refractivity contribution in [2.45, 2.75) is 12.6 Å². The van der Waals surface area contributed by atoms with Crippen LogP contribution in [0.4, 0.5) is 5.69 Å². The number of hydrogen-bond donors (Lipinski definition) is 2. The molecule has 1 unspecified atom stereocenters. The van der Waals surface area contributed by atoms with Crippen LogP contribution in [0.5, 0.6) is 0 Å². The van der Waals surface area contributed by atoms with Gasteiger partial charge < -0.3 is 16.0 Å². The molecule has 9 heteroatoms. The summed E-state index contributed by atoms with van der Waals surface area (Å²) < 4.78 is 1.28. The fourth-order valence-corrected chi connectivity index (χ4v) is 1.60. The fourth-order valence-electron chi connectivity index (χ4n) is 1.13. The molecule has 0 saturated heterocycles. The smallest absolute Gasteiger partial charge is 0.333 e. The fraction of sp³-hybridized carbons (Fsp3) is 0.250. The van der Waals surface area contributed by atoms with E-state index in [0.717, 1.165) is 6.20 Å². The van der Waals surface area contributed by atoms with Crippen LogP contribution in [0.2, 0.25) is 0 Å². The summed E-state index contributed by atoms with van der Waals surface area (Å²) in [5.74, 6) is -0.734. The lowest BCUT2D eigenvalue weighted by atomic mass is 10.3. The number of nitrogens with two attached hydrogens (primary N) is 2. The molecule has 0 fully saturated rings. The van der Waals surface area contributed by atoms with E-state index in [1.54, 1.807) is 0 Å². The minimum absolute atomic E-state index is 0.0170. The number of amides is 1. The Hall–Kier alpha value is -1.74. The van der Waals surface area contributed by atoms with Crippen LogP contribution >= 0.6 is 15.9 Å². The zero-order chi connectivity index (χ0) is 13.2. The normalized spacial score (nSPS) is 12.1. The zero-order valence-corrected chi connectivity index (χ0v) is 10.1. The highest BCUT2D eigenvalue weighted by atomic mass is 79.9. The topological polar surface area (TPSA) is 134 Å². The van der Waals surface area contributed by atoms with Crippen LogP contribution in [-0.2, 0) is 11.3 Å². The number of hydrogen-bond acceptors (Lipinski definition) is 5. The van der Waals surface area contributed by atoms with Crippen molar-refractivity contribution in [2.24, 2.45) is 11.5 Å². The summed E-state index contributed by atoms with van der Waals surface area (Å²) in [6.07, 6.45) is 2.31. The van der Waals surface area contributed by atoms with Crippen molar-refractivity contribution in [3.05, 3.63) is 37.2 Å². The second kappa shape index (κ2) is 5.06. The average molecular weight is 305 g/mol. The Morgan fingerprint density at radius 2 is 2.18 bits per heavy atom. The van der Waals surface area contributed by atoms with Crippen LogP contribution in [0.25, 0.3) is 0 Å². The van der Waals surface area contributed by atoms with Crippen molar-refractivity contribution in [2.75, 3.05) is 0 Å². The number of primary amides is 1. The molecule has 0 bridgehead atoms. The van der Waals surface area contributed by atoms with Crippen molar-refractivity contribution in [3.63, 3.8) is 0 Å². The summed E-state index contributed by atoms with van der Waals surface area (Å²) in [5, 5.41) is 10.6. The molecule has 0 aliphatic rings. The average Bonchev–Trinajstić information content (AvgIpc) is 2.22. The highest BCUT2D eigenvalue weighted by Gasteiger charge is 2.17. The third kappa shape index (κ3) is 3.11. The molecule has 92 valence electrons. The van der Waals surface area contributed by atoms with Crippen LogP contribution in [0.3, 0.4) is 0 Å². The summed E-state index contributed by atoms with van der Waals surface area (Å²) in [7, 11) is 0. The molecule has 0 saturated carbocycles. The van der Waals surface area contributed by atoms with E-state index in [0.29, 0.717) is 0 Å². The molecule has 4 N–H and O–H groups in total. The van der Waals surface area contributed by atoms with E-state index >= 15 is 0 Å². The number of pyridine rings is 1. The summed E-state index contributed by atoms with van der Waals surface area (Å²) >= 11 is 2.90. The molecule has 0 spiro atoms. The largest absolute Gasteiger partial charge is 0.368 e. The third-order valence-corrected chi connectivity index (χ3v) is 2.55. The van der Waals surface area contributed by atoms with Crippen molar-refractivity contribution >= 4 is 27.5 Å². The van der Waals surface area contributed by atoms with E-state index in [4.69, 9.17) is 11.5 Å². The van der Waals surface area contributed by atoms with E-state index in [-0.39, 0.29) is 11.0 Å². The van der Waals surface area contributed by atoms with Crippen LogP contribution in [0, 0.1) is 10.1 Å². The minimum Gasteiger partial charge on any atom is -0.368 e. The first-order valence-corrected chi connectivity index (χ1v) is 5.21. The second-order valence-corrected chi connectivity index (χ2v) is 4.14. The summed E-state index contributed by atoms with van der Waals surface area (Å²) in [5.41, 5.74) is 9.03. The quantitative estimate of drug-likeness (QED) is 0.562. The van der Waals surface area contributed by atoms with E-state index in [9.17, 15) is 19.7 Å². The first kappa shape index (κ1) is 13.3. The van der Waals surface area contributed by atoms with Gasteiger partial charge in [-0.2, -0.15) is 0 Å². The number of nitro groups is 1. The highest BCUT2D eigenvalue weighted by Crippen LogP contribution is 2.11. The minimum atomic E-state index is -0.982. The lowest BCUT2D eigenvalue weighted by Crippen LogP contribution is -2.40. The van der Waals surface area contributed by atoms with Gasteiger partial charge in [-0.1, -0.05) is 0 Å². The maximum atomic E-state index is 11.4. The molecule has 8 nitrogen and oxygen atoms in total. The van der Waals surface area contributed by atoms with Crippen molar-refractivity contribution in [1.82, 2.24) is 4.57 Å². The number of aromatic nitrogens is 1. The van der Waals surface area contributed by atoms with Gasteiger partial charge in [0.15, 0.2) is 0 Å². The van der Waals surface area contributed by atoms with Gasteiger partial charge in [-0.3, -0.25) is 19.7 Å². The maximum absolute atomic E-state index is 11.4. The highest BCUT2D eigenvalue weighted by molar-refractivity contribution is 9.10. The Labute approximate surface area is 103 Å². The van der Waals surface area contributed by atoms with Crippen LogP contribution < -0.4 is 16.9 Å². The zero-order valence-electron chi connectivity index (χ0n) is 8.50. The van der Waals surface area contributed by atoms with Crippen molar-refractivity contribution in [1.29, 1.82) is 0 Å². The van der Waals surface area contributed by atoms with Crippen LogP contribution in [0.1, 0.15) is 0 Å². The number of carbonyl (C=O) groups is 1. The predicted octanol–water partition coefficient (Wildman–Crippen LogP) is -0.668. The lowest BCUT2D eigenvalue weighted by Gasteiger charge is -2.10. The molecule has 1 rings (SSSR count). The van der Waals surface area contributed by atoms with Gasteiger partial charge in [-0.05, 0) is 15.9 Å². The number of nitrogens with zero attached hydrogens (tertiary/aromatic N) is 2. The number of rotatable bonds is 4. The van der Waals surface area contributed by atoms with Gasteiger partial charge in [0.05, 0.1) is 15.6 Å². The molecule has 1 atom stereocenters. The van der Waals surface area contributed by atoms with E-state index in [1.807, 2.05) is 0 Å². The lowest BCUT2D eigenvalue weighted by molar-refractivity contribution is -0.386. The molecule has 0 aromatic carbocycles. The summed E-state index contributed by atoms with van der Waals surface area (Å²) in [4.78, 5) is 31.9. The molecule has 1 aromatic rings. The standard InChI is InChI=1S/C8H9BrN4O4/c9-4-1-12(2-5(10)8(11)15)3-6(7(4)14)13(16)17/h1,3,5H,2,10H2,(H2,11,15). The number of halogens is 1. The van der Waals surface area contributed by atoms with Gasteiger partial charge >= 0.3 is 5.69 Å². The summed E-state index contributed by atoms with van der Waals surface area (Å²) in [6, 6.07) is -0.982. The first-order chi connectivity index (χ1) is 7.82. The van der Waals surface area contributed by atoms with E-state index < -0.39 is 28.0 Å². The van der Waals surface area contributed by atoms with Gasteiger partial charge in [0, 0.05) is 12.7 Å². The Morgan fingerprint density at radius 3 is 2.65 bits per heavy atom. The van der Waals surface area contributed by atoms with Gasteiger partial charge in [-0.15, -0.1) is 0 Å². The summed E-state index contributed by atoms with van der Waals surface area (Å²) in [6.45, 7) is -0.0466. The van der Waals surface area contributed by atoms with Gasteiger partial charge in [-0.25, -0.2) is 0 Å². The first-order valence-electron chi connectivity index (χ1n) is 4.41. The maximum Gasteiger partial charge on any atom is 0.333 e. The van der Waals surface area contributed by atoms with E-state index in [2.05, 4.69) is 15.9 Å². The van der Waals surface area contributed by atoms with E-state index in [1.165, 1.54) is 10.8 Å². The molecule has 1 amide bonds. The Kier molecular flexibility index (Phi) is 3.97.